The number of aryl methyl sites for hydroxylation is 2. The number of nitrogens with zero attached hydrogens (tertiary/aromatic N) is 2. The molecule has 0 N–H and O–H groups in total. The molecule has 0 bridgehead atoms. The van der Waals surface area contributed by atoms with E-state index in [1.54, 1.807) is 24.9 Å². The number of rotatable bonds is 3. The zero-order valence-corrected chi connectivity index (χ0v) is 8.87. The molecule has 1 aromatic heterocycles. The normalized spacial score (nSPS) is 10.9. The van der Waals surface area contributed by atoms with E-state index in [4.69, 9.17) is 4.42 Å². The first-order chi connectivity index (χ1) is 6.50. The molecule has 1 heterocycles. The number of ketones is 1. The quantitative estimate of drug-likeness (QED) is 0.541. The topological polar surface area (TPSA) is 46.3 Å². The standard InChI is InChI=1S/C10H14N2O2/c1-7-10(14-8(2)11-7)9(13)5-6-12(3)4/h5-6H,1-4H3. The lowest BCUT2D eigenvalue weighted by molar-refractivity contribution is 0.101. The van der Waals surface area contributed by atoms with E-state index in [0.717, 1.165) is 0 Å². The minimum absolute atomic E-state index is 0.156. The maximum absolute atomic E-state index is 11.5. The van der Waals surface area contributed by atoms with Crippen molar-refractivity contribution < 1.29 is 9.21 Å². The Morgan fingerprint density at radius 3 is 2.50 bits per heavy atom. The SMILES string of the molecule is Cc1nc(C)c(C(=O)C=CN(C)C)o1. The third-order valence-corrected chi connectivity index (χ3v) is 1.65. The van der Waals surface area contributed by atoms with Gasteiger partial charge >= 0.3 is 0 Å². The second-order valence-electron chi connectivity index (χ2n) is 3.29. The first kappa shape index (κ1) is 10.5. The number of allylic oxidation sites excluding steroid dienone is 1. The highest BCUT2D eigenvalue weighted by Gasteiger charge is 2.12. The lowest BCUT2D eigenvalue weighted by atomic mass is 10.2. The van der Waals surface area contributed by atoms with Crippen LogP contribution in [-0.2, 0) is 0 Å². The summed E-state index contributed by atoms with van der Waals surface area (Å²) in [5.41, 5.74) is 0.635. The summed E-state index contributed by atoms with van der Waals surface area (Å²) in [6, 6.07) is 0. The second kappa shape index (κ2) is 4.09. The van der Waals surface area contributed by atoms with Crippen LogP contribution < -0.4 is 0 Å². The zero-order chi connectivity index (χ0) is 10.7. The number of hydrogen-bond donors (Lipinski definition) is 0. The number of aromatic nitrogens is 1. The fourth-order valence-corrected chi connectivity index (χ4v) is 1.05. The van der Waals surface area contributed by atoms with Crippen LogP contribution in [0.2, 0.25) is 0 Å². The second-order valence-corrected chi connectivity index (χ2v) is 3.29. The Morgan fingerprint density at radius 2 is 2.07 bits per heavy atom. The number of hydrogen-bond acceptors (Lipinski definition) is 4. The van der Waals surface area contributed by atoms with Crippen LogP contribution in [0.25, 0.3) is 0 Å². The van der Waals surface area contributed by atoms with Gasteiger partial charge in [0.05, 0.1) is 5.69 Å². The van der Waals surface area contributed by atoms with Crippen molar-refractivity contribution in [3.8, 4) is 0 Å². The molecule has 14 heavy (non-hydrogen) atoms. The van der Waals surface area contributed by atoms with Crippen LogP contribution >= 0.6 is 0 Å². The van der Waals surface area contributed by atoms with E-state index in [2.05, 4.69) is 4.98 Å². The van der Waals surface area contributed by atoms with E-state index >= 15 is 0 Å². The molecule has 0 aliphatic rings. The zero-order valence-electron chi connectivity index (χ0n) is 8.87. The van der Waals surface area contributed by atoms with Crippen LogP contribution in [-0.4, -0.2) is 29.8 Å². The Hall–Kier alpha value is -1.58. The maximum atomic E-state index is 11.5. The van der Waals surface area contributed by atoms with Gasteiger partial charge in [0, 0.05) is 33.3 Å². The fraction of sp³-hybridized carbons (Fsp3) is 0.400. The van der Waals surface area contributed by atoms with Gasteiger partial charge in [0.1, 0.15) is 0 Å². The molecule has 0 aromatic carbocycles. The highest BCUT2D eigenvalue weighted by atomic mass is 16.4. The van der Waals surface area contributed by atoms with Crippen LogP contribution in [0.4, 0.5) is 0 Å². The van der Waals surface area contributed by atoms with Crippen LogP contribution in [0, 0.1) is 13.8 Å². The Bertz CT molecular complexity index is 364. The molecule has 0 fully saturated rings. The number of oxazole rings is 1. The van der Waals surface area contributed by atoms with E-state index in [0.29, 0.717) is 17.3 Å². The van der Waals surface area contributed by atoms with Crippen LogP contribution in [0.5, 0.6) is 0 Å². The minimum atomic E-state index is -0.156. The average Bonchev–Trinajstić information content (AvgIpc) is 2.41. The monoisotopic (exact) mass is 194 g/mol. The molecule has 4 heteroatoms. The molecule has 0 spiro atoms. The molecular weight excluding hydrogens is 180 g/mol. The molecule has 0 aliphatic heterocycles. The lowest BCUT2D eigenvalue weighted by Crippen LogP contribution is -2.03. The van der Waals surface area contributed by atoms with Gasteiger partial charge in [0.2, 0.25) is 5.78 Å². The molecule has 4 nitrogen and oxygen atoms in total. The van der Waals surface area contributed by atoms with Gasteiger partial charge in [0.15, 0.2) is 11.7 Å². The summed E-state index contributed by atoms with van der Waals surface area (Å²) < 4.78 is 5.18. The summed E-state index contributed by atoms with van der Waals surface area (Å²) in [6.45, 7) is 3.48. The molecular formula is C10H14N2O2. The third-order valence-electron chi connectivity index (χ3n) is 1.65. The van der Waals surface area contributed by atoms with Gasteiger partial charge in [-0.1, -0.05) is 0 Å². The van der Waals surface area contributed by atoms with Crippen molar-refractivity contribution >= 4 is 5.78 Å². The molecule has 0 aliphatic carbocycles. The summed E-state index contributed by atoms with van der Waals surface area (Å²) in [5, 5.41) is 0. The fourth-order valence-electron chi connectivity index (χ4n) is 1.05. The predicted molar refractivity (Wildman–Crippen MR) is 53.1 cm³/mol. The van der Waals surface area contributed by atoms with Gasteiger partial charge in [-0.25, -0.2) is 4.98 Å². The first-order valence-electron chi connectivity index (χ1n) is 4.33. The molecule has 0 atom stereocenters. The molecule has 1 rings (SSSR count). The van der Waals surface area contributed by atoms with E-state index in [1.165, 1.54) is 6.08 Å². The van der Waals surface area contributed by atoms with E-state index in [-0.39, 0.29) is 5.78 Å². The van der Waals surface area contributed by atoms with Gasteiger partial charge in [-0.2, -0.15) is 0 Å². The van der Waals surface area contributed by atoms with Crippen molar-refractivity contribution in [1.82, 2.24) is 9.88 Å². The highest BCUT2D eigenvalue weighted by Crippen LogP contribution is 2.10. The summed E-state index contributed by atoms with van der Waals surface area (Å²) in [4.78, 5) is 17.3. The van der Waals surface area contributed by atoms with Crippen molar-refractivity contribution in [3.05, 3.63) is 29.6 Å². The Balaban J connectivity index is 2.85. The van der Waals surface area contributed by atoms with Crippen molar-refractivity contribution in [3.63, 3.8) is 0 Å². The van der Waals surface area contributed by atoms with Gasteiger partial charge < -0.3 is 9.32 Å². The van der Waals surface area contributed by atoms with Gasteiger partial charge in [-0.15, -0.1) is 0 Å². The molecule has 1 aromatic rings. The first-order valence-corrected chi connectivity index (χ1v) is 4.33. The number of carbonyl (C=O) groups excluding carboxylic acids is 1. The number of carbonyl (C=O) groups is 1. The summed E-state index contributed by atoms with van der Waals surface area (Å²) >= 11 is 0. The Labute approximate surface area is 83.2 Å². The van der Waals surface area contributed by atoms with Crippen molar-refractivity contribution in [2.24, 2.45) is 0 Å². The largest absolute Gasteiger partial charge is 0.437 e. The smallest absolute Gasteiger partial charge is 0.224 e. The predicted octanol–water partition coefficient (Wildman–Crippen LogP) is 1.55. The van der Waals surface area contributed by atoms with Gasteiger partial charge in [-0.3, -0.25) is 4.79 Å². The third kappa shape index (κ3) is 2.45. The Morgan fingerprint density at radius 1 is 1.43 bits per heavy atom. The van der Waals surface area contributed by atoms with Gasteiger partial charge in [-0.05, 0) is 6.92 Å². The summed E-state index contributed by atoms with van der Waals surface area (Å²) in [7, 11) is 3.70. The minimum Gasteiger partial charge on any atom is -0.437 e. The molecule has 0 radical (unpaired) electrons. The van der Waals surface area contributed by atoms with Crippen LogP contribution in [0.1, 0.15) is 22.1 Å². The van der Waals surface area contributed by atoms with Crippen molar-refractivity contribution in [2.45, 2.75) is 13.8 Å². The van der Waals surface area contributed by atoms with E-state index in [9.17, 15) is 4.79 Å². The van der Waals surface area contributed by atoms with E-state index in [1.807, 2.05) is 14.1 Å². The molecule has 0 amide bonds. The van der Waals surface area contributed by atoms with Crippen molar-refractivity contribution in [2.75, 3.05) is 14.1 Å². The van der Waals surface area contributed by atoms with Crippen molar-refractivity contribution in [1.29, 1.82) is 0 Å². The highest BCUT2D eigenvalue weighted by molar-refractivity contribution is 6.02. The van der Waals surface area contributed by atoms with Gasteiger partial charge in [0.25, 0.3) is 0 Å². The molecule has 0 saturated heterocycles. The van der Waals surface area contributed by atoms with Crippen LogP contribution in [0.3, 0.4) is 0 Å². The van der Waals surface area contributed by atoms with Crippen LogP contribution in [0.15, 0.2) is 16.7 Å². The average molecular weight is 194 g/mol. The summed E-state index contributed by atoms with van der Waals surface area (Å²) in [6.07, 6.45) is 3.15. The maximum Gasteiger partial charge on any atom is 0.224 e. The molecule has 0 saturated carbocycles. The van der Waals surface area contributed by atoms with E-state index < -0.39 is 0 Å². The molecule has 0 unspecified atom stereocenters. The Kier molecular flexibility index (Phi) is 3.06. The molecule has 76 valence electrons. The summed E-state index contributed by atoms with van der Waals surface area (Å²) in [5.74, 6) is 0.682. The lowest BCUT2D eigenvalue weighted by Gasteiger charge is -2.01.